The third-order valence-corrected chi connectivity index (χ3v) is 3.98. The Bertz CT molecular complexity index is 461. The van der Waals surface area contributed by atoms with Crippen LogP contribution in [-0.4, -0.2) is 48.4 Å². The zero-order valence-electron chi connectivity index (χ0n) is 11.2. The Morgan fingerprint density at radius 3 is 2.78 bits per heavy atom. The van der Waals surface area contributed by atoms with Crippen LogP contribution in [0, 0.1) is 6.92 Å². The van der Waals surface area contributed by atoms with Crippen molar-refractivity contribution in [3.05, 3.63) is 29.3 Å². The number of amides is 1. The van der Waals surface area contributed by atoms with Crippen molar-refractivity contribution < 1.29 is 4.79 Å². The largest absolute Gasteiger partial charge is 0.336 e. The van der Waals surface area contributed by atoms with Gasteiger partial charge in [-0.25, -0.2) is 0 Å². The van der Waals surface area contributed by atoms with Gasteiger partial charge in [-0.15, -0.1) is 12.6 Å². The monoisotopic (exact) mass is 264 g/mol. The second-order valence-electron chi connectivity index (χ2n) is 5.08. The van der Waals surface area contributed by atoms with E-state index in [1.54, 1.807) is 0 Å². The van der Waals surface area contributed by atoms with Gasteiger partial charge >= 0.3 is 0 Å². The minimum absolute atomic E-state index is 0.128. The molecule has 0 aliphatic carbocycles. The number of piperazine rings is 1. The lowest BCUT2D eigenvalue weighted by molar-refractivity contribution is 0.0571. The number of likely N-dealkylation sites (N-methyl/N-ethyl adjacent to an activating group) is 1. The Labute approximate surface area is 114 Å². The third kappa shape index (κ3) is 2.70. The smallest absolute Gasteiger partial charge is 0.254 e. The number of hydrogen-bond donors (Lipinski definition) is 1. The number of benzene rings is 1. The average molecular weight is 264 g/mol. The van der Waals surface area contributed by atoms with Crippen molar-refractivity contribution in [2.45, 2.75) is 24.8 Å². The molecule has 1 fully saturated rings. The Kier molecular flexibility index (Phi) is 3.97. The molecule has 0 N–H and O–H groups in total. The fraction of sp³-hybridized carbons (Fsp3) is 0.500. The molecule has 1 amide bonds. The molecule has 1 unspecified atom stereocenters. The second kappa shape index (κ2) is 5.33. The first-order valence-electron chi connectivity index (χ1n) is 6.28. The number of rotatable bonds is 1. The first-order chi connectivity index (χ1) is 8.49. The molecule has 0 bridgehead atoms. The van der Waals surface area contributed by atoms with Gasteiger partial charge < -0.3 is 9.80 Å². The molecular formula is C14H20N2OS. The summed E-state index contributed by atoms with van der Waals surface area (Å²) in [4.78, 5) is 17.6. The predicted molar refractivity (Wildman–Crippen MR) is 76.4 cm³/mol. The van der Waals surface area contributed by atoms with Gasteiger partial charge in [-0.3, -0.25) is 4.79 Å². The molecule has 0 spiro atoms. The van der Waals surface area contributed by atoms with Crippen molar-refractivity contribution in [1.29, 1.82) is 0 Å². The maximum absolute atomic E-state index is 12.5. The molecule has 1 atom stereocenters. The summed E-state index contributed by atoms with van der Waals surface area (Å²) >= 11 is 4.31. The number of nitrogens with zero attached hydrogens (tertiary/aromatic N) is 2. The normalized spacial score (nSPS) is 21.1. The fourth-order valence-electron chi connectivity index (χ4n) is 2.24. The quantitative estimate of drug-likeness (QED) is 0.785. The molecule has 1 aromatic carbocycles. The zero-order chi connectivity index (χ0) is 13.3. The topological polar surface area (TPSA) is 23.6 Å². The highest BCUT2D eigenvalue weighted by molar-refractivity contribution is 7.80. The summed E-state index contributed by atoms with van der Waals surface area (Å²) in [7, 11) is 2.10. The van der Waals surface area contributed by atoms with Crippen molar-refractivity contribution >= 4 is 18.5 Å². The molecule has 1 aliphatic heterocycles. The first-order valence-corrected chi connectivity index (χ1v) is 6.73. The molecule has 0 radical (unpaired) electrons. The summed E-state index contributed by atoms with van der Waals surface area (Å²) in [5, 5.41) is 0. The van der Waals surface area contributed by atoms with E-state index in [4.69, 9.17) is 0 Å². The van der Waals surface area contributed by atoms with E-state index in [1.807, 2.05) is 30.0 Å². The van der Waals surface area contributed by atoms with Gasteiger partial charge in [-0.1, -0.05) is 6.07 Å². The molecule has 18 heavy (non-hydrogen) atoms. The molecule has 0 saturated carbocycles. The summed E-state index contributed by atoms with van der Waals surface area (Å²) in [5.41, 5.74) is 1.80. The molecular weight excluding hydrogens is 244 g/mol. The Balaban J connectivity index is 2.19. The van der Waals surface area contributed by atoms with E-state index in [9.17, 15) is 4.79 Å². The SMILES string of the molecule is Cc1ccc(S)cc1C(=O)N1CCN(C)C(C)C1. The number of hydrogen-bond acceptors (Lipinski definition) is 3. The minimum Gasteiger partial charge on any atom is -0.336 e. The van der Waals surface area contributed by atoms with E-state index in [1.165, 1.54) is 0 Å². The van der Waals surface area contributed by atoms with Crippen molar-refractivity contribution in [3.8, 4) is 0 Å². The molecule has 2 rings (SSSR count). The van der Waals surface area contributed by atoms with Crippen LogP contribution in [-0.2, 0) is 0 Å². The Morgan fingerprint density at radius 2 is 2.11 bits per heavy atom. The van der Waals surface area contributed by atoms with Crippen molar-refractivity contribution in [1.82, 2.24) is 9.80 Å². The lowest BCUT2D eigenvalue weighted by Gasteiger charge is -2.37. The highest BCUT2D eigenvalue weighted by atomic mass is 32.1. The number of aryl methyl sites for hydroxylation is 1. The summed E-state index contributed by atoms with van der Waals surface area (Å²) in [5.74, 6) is 0.128. The lowest BCUT2D eigenvalue weighted by atomic mass is 10.1. The summed E-state index contributed by atoms with van der Waals surface area (Å²) in [6.07, 6.45) is 0. The highest BCUT2D eigenvalue weighted by Gasteiger charge is 2.25. The zero-order valence-corrected chi connectivity index (χ0v) is 12.1. The lowest BCUT2D eigenvalue weighted by Crippen LogP contribution is -2.52. The fourth-order valence-corrected chi connectivity index (χ4v) is 2.45. The van der Waals surface area contributed by atoms with Crippen molar-refractivity contribution in [2.24, 2.45) is 0 Å². The molecule has 1 aromatic rings. The van der Waals surface area contributed by atoms with Crippen LogP contribution in [0.5, 0.6) is 0 Å². The predicted octanol–water partition coefficient (Wildman–Crippen LogP) is 2.06. The van der Waals surface area contributed by atoms with Gasteiger partial charge in [0.1, 0.15) is 0 Å². The molecule has 1 heterocycles. The van der Waals surface area contributed by atoms with Gasteiger partial charge in [0.15, 0.2) is 0 Å². The minimum atomic E-state index is 0.128. The molecule has 98 valence electrons. The van der Waals surface area contributed by atoms with Gasteiger partial charge in [0.25, 0.3) is 5.91 Å². The van der Waals surface area contributed by atoms with Crippen LogP contribution in [0.2, 0.25) is 0 Å². The van der Waals surface area contributed by atoms with E-state index < -0.39 is 0 Å². The molecule has 0 aromatic heterocycles. The first kappa shape index (κ1) is 13.4. The number of thiol groups is 1. The van der Waals surface area contributed by atoms with Gasteiger partial charge in [-0.05, 0) is 38.6 Å². The number of carbonyl (C=O) groups is 1. The van der Waals surface area contributed by atoms with Crippen LogP contribution in [0.15, 0.2) is 23.1 Å². The maximum atomic E-state index is 12.5. The standard InChI is InChI=1S/C14H20N2OS/c1-10-4-5-12(18)8-13(10)14(17)16-7-6-15(3)11(2)9-16/h4-5,8,11,18H,6-7,9H2,1-3H3. The number of carbonyl (C=O) groups excluding carboxylic acids is 1. The van der Waals surface area contributed by atoms with E-state index in [0.717, 1.165) is 35.7 Å². The summed E-state index contributed by atoms with van der Waals surface area (Å²) < 4.78 is 0. The third-order valence-electron chi connectivity index (χ3n) is 3.70. The van der Waals surface area contributed by atoms with E-state index in [-0.39, 0.29) is 5.91 Å². The van der Waals surface area contributed by atoms with Gasteiger partial charge in [0.05, 0.1) is 0 Å². The van der Waals surface area contributed by atoms with Crippen LogP contribution >= 0.6 is 12.6 Å². The molecule has 1 saturated heterocycles. The summed E-state index contributed by atoms with van der Waals surface area (Å²) in [6, 6.07) is 6.16. The van der Waals surface area contributed by atoms with Crippen LogP contribution in [0.4, 0.5) is 0 Å². The van der Waals surface area contributed by atoms with Crippen molar-refractivity contribution in [2.75, 3.05) is 26.7 Å². The van der Waals surface area contributed by atoms with E-state index in [2.05, 4.69) is 31.5 Å². The van der Waals surface area contributed by atoms with Crippen LogP contribution in [0.1, 0.15) is 22.8 Å². The van der Waals surface area contributed by atoms with Crippen LogP contribution in [0.3, 0.4) is 0 Å². The van der Waals surface area contributed by atoms with Gasteiger partial charge in [0.2, 0.25) is 0 Å². The van der Waals surface area contributed by atoms with E-state index >= 15 is 0 Å². The molecule has 4 heteroatoms. The average Bonchev–Trinajstić information content (AvgIpc) is 2.35. The molecule has 3 nitrogen and oxygen atoms in total. The molecule has 1 aliphatic rings. The van der Waals surface area contributed by atoms with E-state index in [0.29, 0.717) is 6.04 Å². The van der Waals surface area contributed by atoms with Crippen LogP contribution < -0.4 is 0 Å². The maximum Gasteiger partial charge on any atom is 0.254 e. The Morgan fingerprint density at radius 1 is 1.39 bits per heavy atom. The van der Waals surface area contributed by atoms with Crippen LogP contribution in [0.25, 0.3) is 0 Å². The van der Waals surface area contributed by atoms with Gasteiger partial charge in [0, 0.05) is 36.1 Å². The van der Waals surface area contributed by atoms with Crippen molar-refractivity contribution in [3.63, 3.8) is 0 Å². The second-order valence-corrected chi connectivity index (χ2v) is 5.60. The van der Waals surface area contributed by atoms with Gasteiger partial charge in [-0.2, -0.15) is 0 Å². The summed E-state index contributed by atoms with van der Waals surface area (Å²) in [6.45, 7) is 6.66. The highest BCUT2D eigenvalue weighted by Crippen LogP contribution is 2.18. The Hall–Kier alpha value is -1.00.